The summed E-state index contributed by atoms with van der Waals surface area (Å²) in [5, 5.41) is 18.6. The van der Waals surface area contributed by atoms with E-state index in [1.807, 2.05) is 56.5 Å². The van der Waals surface area contributed by atoms with E-state index in [1.165, 1.54) is 5.56 Å². The number of hydrogen-bond acceptors (Lipinski definition) is 5. The minimum atomic E-state index is 0.198. The van der Waals surface area contributed by atoms with Crippen LogP contribution < -0.4 is 10.6 Å². The minimum absolute atomic E-state index is 0.198. The van der Waals surface area contributed by atoms with Gasteiger partial charge in [-0.1, -0.05) is 69.8 Å². The Kier molecular flexibility index (Phi) is 11.7. The van der Waals surface area contributed by atoms with Gasteiger partial charge in [-0.05, 0) is 74.8 Å². The molecule has 0 aliphatic heterocycles. The van der Waals surface area contributed by atoms with Gasteiger partial charge in [0.2, 0.25) is 0 Å². The Balaban J connectivity index is 1.71. The van der Waals surface area contributed by atoms with Crippen molar-refractivity contribution in [2.75, 3.05) is 19.0 Å². The highest BCUT2D eigenvalue weighted by Crippen LogP contribution is 2.24. The molecule has 3 aromatic rings. The highest BCUT2D eigenvalue weighted by Gasteiger charge is 2.09. The summed E-state index contributed by atoms with van der Waals surface area (Å²) in [5.41, 5.74) is 7.68. The van der Waals surface area contributed by atoms with E-state index < -0.39 is 0 Å². The van der Waals surface area contributed by atoms with Crippen molar-refractivity contribution in [3.05, 3.63) is 131 Å². The molecule has 0 amide bonds. The van der Waals surface area contributed by atoms with Gasteiger partial charge in [0.05, 0.1) is 5.71 Å². The Morgan fingerprint density at radius 3 is 2.41 bits per heavy atom. The van der Waals surface area contributed by atoms with E-state index in [9.17, 15) is 5.11 Å². The highest BCUT2D eigenvalue weighted by atomic mass is 31.1. The summed E-state index contributed by atoms with van der Waals surface area (Å²) in [7, 11) is 2.33. The lowest BCUT2D eigenvalue weighted by Crippen LogP contribution is -2.13. The number of allylic oxidation sites excluding steroid dienone is 5. The van der Waals surface area contributed by atoms with Crippen molar-refractivity contribution in [3.8, 4) is 5.75 Å². The van der Waals surface area contributed by atoms with Gasteiger partial charge in [-0.15, -0.1) is 0 Å². The van der Waals surface area contributed by atoms with E-state index in [0.29, 0.717) is 26.4 Å². The number of hydrogen-bond donors (Lipinski definition) is 3. The maximum atomic E-state index is 10.5. The molecule has 3 N–H and O–H groups in total. The van der Waals surface area contributed by atoms with Crippen LogP contribution in [0.1, 0.15) is 37.0 Å². The number of anilines is 1. The third-order valence-electron chi connectivity index (χ3n) is 6.12. The number of aromatic hydroxyl groups is 1. The smallest absolute Gasteiger partial charge is 0.124 e. The SMILES string of the molecule is C=C(CCc1ccccc1)Nc1cccc(CN/C(C)=C/C(=N\C(C)=C(\C=NC)PC)c2ccccc2O)c1. The number of rotatable bonds is 13. The van der Waals surface area contributed by atoms with Crippen LogP contribution in [0, 0.1) is 0 Å². The molecule has 1 atom stereocenters. The summed E-state index contributed by atoms with van der Waals surface area (Å²) in [6.07, 6.45) is 5.66. The van der Waals surface area contributed by atoms with Crippen LogP contribution in [0.4, 0.5) is 5.69 Å². The molecule has 3 rings (SSSR count). The predicted octanol–water partition coefficient (Wildman–Crippen LogP) is 7.67. The fourth-order valence-electron chi connectivity index (χ4n) is 4.03. The maximum absolute atomic E-state index is 10.5. The van der Waals surface area contributed by atoms with Gasteiger partial charge in [0.1, 0.15) is 5.75 Å². The topological polar surface area (TPSA) is 69.0 Å². The third-order valence-corrected chi connectivity index (χ3v) is 7.15. The van der Waals surface area contributed by atoms with E-state index in [0.717, 1.165) is 46.5 Å². The first kappa shape index (κ1) is 29.6. The van der Waals surface area contributed by atoms with Crippen LogP contribution in [0.3, 0.4) is 0 Å². The highest BCUT2D eigenvalue weighted by molar-refractivity contribution is 7.43. The van der Waals surface area contributed by atoms with Crippen molar-refractivity contribution in [3.63, 3.8) is 0 Å². The molecule has 0 bridgehead atoms. The first-order chi connectivity index (χ1) is 18.9. The average molecular weight is 539 g/mol. The van der Waals surface area contributed by atoms with Crippen molar-refractivity contribution >= 4 is 26.2 Å². The first-order valence-electron chi connectivity index (χ1n) is 13.1. The lowest BCUT2D eigenvalue weighted by atomic mass is 10.1. The van der Waals surface area contributed by atoms with Crippen molar-refractivity contribution in [2.24, 2.45) is 9.98 Å². The van der Waals surface area contributed by atoms with E-state index in [-0.39, 0.29) is 5.75 Å². The summed E-state index contributed by atoms with van der Waals surface area (Å²) in [6, 6.07) is 26.1. The second kappa shape index (κ2) is 15.5. The van der Waals surface area contributed by atoms with Crippen LogP contribution in [0.15, 0.2) is 124 Å². The van der Waals surface area contributed by atoms with Crippen LogP contribution in [0.2, 0.25) is 0 Å². The van der Waals surface area contributed by atoms with Gasteiger partial charge in [-0.2, -0.15) is 0 Å². The zero-order valence-corrected chi connectivity index (χ0v) is 24.3. The predicted molar refractivity (Wildman–Crippen MR) is 171 cm³/mol. The van der Waals surface area contributed by atoms with Gasteiger partial charge in [-0.25, -0.2) is 0 Å². The zero-order valence-electron chi connectivity index (χ0n) is 23.3. The molecule has 5 nitrogen and oxygen atoms in total. The van der Waals surface area contributed by atoms with Gasteiger partial charge >= 0.3 is 0 Å². The fourth-order valence-corrected chi connectivity index (χ4v) is 4.71. The number of nitrogens with zero attached hydrogens (tertiary/aromatic N) is 2. The lowest BCUT2D eigenvalue weighted by molar-refractivity contribution is 0.474. The summed E-state index contributed by atoms with van der Waals surface area (Å²) >= 11 is 0. The molecule has 0 heterocycles. The normalized spacial score (nSPS) is 13.1. The van der Waals surface area contributed by atoms with E-state index >= 15 is 0 Å². The molecule has 202 valence electrons. The number of nitrogens with one attached hydrogen (secondary N) is 2. The fraction of sp³-hybridized carbons (Fsp3) is 0.212. The largest absolute Gasteiger partial charge is 0.507 e. The van der Waals surface area contributed by atoms with Crippen molar-refractivity contribution < 1.29 is 5.11 Å². The first-order valence-corrected chi connectivity index (χ1v) is 14.6. The number of aryl methyl sites for hydroxylation is 1. The summed E-state index contributed by atoms with van der Waals surface area (Å²) in [4.78, 5) is 9.06. The maximum Gasteiger partial charge on any atom is 0.124 e. The number of benzene rings is 3. The summed E-state index contributed by atoms with van der Waals surface area (Å²) < 4.78 is 0. The second-order valence-electron chi connectivity index (χ2n) is 9.25. The Bertz CT molecular complexity index is 1370. The minimum Gasteiger partial charge on any atom is -0.507 e. The van der Waals surface area contributed by atoms with Crippen LogP contribution >= 0.6 is 8.58 Å². The summed E-state index contributed by atoms with van der Waals surface area (Å²) in [5.74, 6) is 0.198. The molecule has 0 aliphatic carbocycles. The van der Waals surface area contributed by atoms with Gasteiger partial charge in [-0.3, -0.25) is 9.98 Å². The van der Waals surface area contributed by atoms with Crippen molar-refractivity contribution in [1.82, 2.24) is 5.32 Å². The van der Waals surface area contributed by atoms with Gasteiger partial charge in [0.15, 0.2) is 0 Å². The number of phenols is 1. The molecular weight excluding hydrogens is 499 g/mol. The molecule has 0 aliphatic rings. The van der Waals surface area contributed by atoms with Crippen molar-refractivity contribution in [1.29, 1.82) is 0 Å². The molecule has 0 saturated carbocycles. The molecule has 0 fully saturated rings. The van der Waals surface area contributed by atoms with E-state index in [2.05, 4.69) is 71.3 Å². The van der Waals surface area contributed by atoms with Gasteiger partial charge in [0.25, 0.3) is 0 Å². The molecular formula is C33H39N4OP. The number of aliphatic imine (C=N–C) groups is 2. The standard InChI is InChI=1S/C33H39N4OP/c1-24(18-19-27-12-7-6-8-13-27)36-29-15-11-14-28(21-29)22-35-25(2)20-31(30-16-9-10-17-32(30)38)37-26(3)33(39-5)23-34-4/h6-17,20-21,23,35-36,38-39H,1,18-19,22H2,2-5H3/b25-20+,33-26-,34-23?,37-31+. The van der Waals surface area contributed by atoms with Crippen LogP contribution in [0.25, 0.3) is 0 Å². The molecule has 0 aromatic heterocycles. The van der Waals surface area contributed by atoms with E-state index in [1.54, 1.807) is 13.1 Å². The quantitative estimate of drug-likeness (QED) is 0.154. The Labute approximate surface area is 235 Å². The monoisotopic (exact) mass is 538 g/mol. The molecule has 39 heavy (non-hydrogen) atoms. The third kappa shape index (κ3) is 9.70. The van der Waals surface area contributed by atoms with Gasteiger partial charge in [0, 0.05) is 53.5 Å². The zero-order chi connectivity index (χ0) is 28.0. The molecule has 1 unspecified atom stereocenters. The average Bonchev–Trinajstić information content (AvgIpc) is 2.94. The second-order valence-corrected chi connectivity index (χ2v) is 10.3. The van der Waals surface area contributed by atoms with Crippen molar-refractivity contribution in [2.45, 2.75) is 33.2 Å². The Hall–Kier alpha value is -3.95. The van der Waals surface area contributed by atoms with Crippen LogP contribution in [0.5, 0.6) is 5.75 Å². The Morgan fingerprint density at radius 2 is 1.69 bits per heavy atom. The molecule has 6 heteroatoms. The lowest BCUT2D eigenvalue weighted by Gasteiger charge is -2.13. The summed E-state index contributed by atoms with van der Waals surface area (Å²) in [6.45, 7) is 11.0. The van der Waals surface area contributed by atoms with Crippen LogP contribution in [-0.4, -0.2) is 30.7 Å². The molecule has 0 radical (unpaired) electrons. The molecule has 0 spiro atoms. The van der Waals surface area contributed by atoms with Crippen LogP contribution in [-0.2, 0) is 13.0 Å². The number of para-hydroxylation sites is 1. The Morgan fingerprint density at radius 1 is 0.974 bits per heavy atom. The molecule has 3 aromatic carbocycles. The van der Waals surface area contributed by atoms with E-state index in [4.69, 9.17) is 4.99 Å². The van der Waals surface area contributed by atoms with Gasteiger partial charge < -0.3 is 15.7 Å². The molecule has 0 saturated heterocycles. The number of phenolic OH excluding ortho intramolecular Hbond substituents is 1.